The second-order valence-electron chi connectivity index (χ2n) is 6.66. The van der Waals surface area contributed by atoms with Gasteiger partial charge in [-0.05, 0) is 26.4 Å². The van der Waals surface area contributed by atoms with Crippen molar-refractivity contribution in [1.82, 2.24) is 24.8 Å². The molecule has 1 aromatic heterocycles. The summed E-state index contributed by atoms with van der Waals surface area (Å²) in [7, 11) is 0. The predicted molar refractivity (Wildman–Crippen MR) is 87.4 cm³/mol. The van der Waals surface area contributed by atoms with E-state index >= 15 is 0 Å². The van der Waals surface area contributed by atoms with Gasteiger partial charge in [0.25, 0.3) is 0 Å². The van der Waals surface area contributed by atoms with Crippen molar-refractivity contribution in [3.8, 4) is 0 Å². The highest BCUT2D eigenvalue weighted by molar-refractivity contribution is 5.78. The Labute approximate surface area is 142 Å². The third-order valence-electron chi connectivity index (χ3n) is 4.57. The van der Waals surface area contributed by atoms with Crippen LogP contribution in [0.15, 0.2) is 4.52 Å². The third-order valence-corrected chi connectivity index (χ3v) is 4.57. The van der Waals surface area contributed by atoms with Gasteiger partial charge in [-0.1, -0.05) is 5.16 Å². The van der Waals surface area contributed by atoms with E-state index in [1.807, 2.05) is 11.8 Å². The van der Waals surface area contributed by atoms with Crippen molar-refractivity contribution in [3.63, 3.8) is 0 Å². The fourth-order valence-electron chi connectivity index (χ4n) is 3.28. The number of carbonyl (C=O) groups is 1. The molecule has 0 aromatic carbocycles. The molecule has 0 bridgehead atoms. The highest BCUT2D eigenvalue weighted by Gasteiger charge is 2.24. The summed E-state index contributed by atoms with van der Waals surface area (Å²) in [5, 5.41) is 3.96. The number of rotatable bonds is 4. The smallest absolute Gasteiger partial charge is 0.236 e. The van der Waals surface area contributed by atoms with Crippen molar-refractivity contribution in [2.24, 2.45) is 0 Å². The Kier molecular flexibility index (Phi) is 5.80. The molecule has 2 fully saturated rings. The number of amides is 1. The Morgan fingerprint density at radius 1 is 1.21 bits per heavy atom. The highest BCUT2D eigenvalue weighted by atomic mass is 16.5. The molecule has 3 heterocycles. The van der Waals surface area contributed by atoms with Gasteiger partial charge in [0.2, 0.25) is 11.8 Å². The van der Waals surface area contributed by atoms with Crippen LogP contribution in [-0.4, -0.2) is 89.3 Å². The molecule has 3 rings (SSSR count). The van der Waals surface area contributed by atoms with Crippen LogP contribution in [0.5, 0.6) is 0 Å². The van der Waals surface area contributed by atoms with E-state index in [0.29, 0.717) is 38.7 Å². The maximum absolute atomic E-state index is 12.5. The molecule has 0 radical (unpaired) electrons. The van der Waals surface area contributed by atoms with Crippen molar-refractivity contribution in [3.05, 3.63) is 11.7 Å². The molecule has 0 unspecified atom stereocenters. The SMILES string of the molecule is Cc1nc(CN2CCCN(CC(=O)N3CCO[C@H](C)C3)CC2)no1. The molecule has 1 amide bonds. The van der Waals surface area contributed by atoms with Crippen molar-refractivity contribution >= 4 is 5.91 Å². The fourth-order valence-corrected chi connectivity index (χ4v) is 3.28. The first-order valence-electron chi connectivity index (χ1n) is 8.73. The molecule has 0 spiro atoms. The Hall–Kier alpha value is -1.51. The van der Waals surface area contributed by atoms with Crippen LogP contribution in [0.25, 0.3) is 0 Å². The van der Waals surface area contributed by atoms with Crippen molar-refractivity contribution in [2.45, 2.75) is 32.9 Å². The summed E-state index contributed by atoms with van der Waals surface area (Å²) >= 11 is 0. The minimum absolute atomic E-state index is 0.140. The van der Waals surface area contributed by atoms with E-state index in [-0.39, 0.29) is 12.0 Å². The van der Waals surface area contributed by atoms with E-state index in [4.69, 9.17) is 9.26 Å². The Morgan fingerprint density at radius 2 is 2.00 bits per heavy atom. The Balaban J connectivity index is 1.45. The van der Waals surface area contributed by atoms with Crippen LogP contribution in [0.3, 0.4) is 0 Å². The summed E-state index contributed by atoms with van der Waals surface area (Å²) in [5.74, 6) is 1.55. The summed E-state index contributed by atoms with van der Waals surface area (Å²) in [4.78, 5) is 23.3. The van der Waals surface area contributed by atoms with Gasteiger partial charge in [-0.25, -0.2) is 0 Å². The first-order valence-corrected chi connectivity index (χ1v) is 8.73. The molecule has 8 heteroatoms. The molecule has 0 saturated carbocycles. The summed E-state index contributed by atoms with van der Waals surface area (Å²) < 4.78 is 10.5. The molecule has 0 aliphatic carbocycles. The molecular formula is C16H27N5O3. The zero-order valence-corrected chi connectivity index (χ0v) is 14.6. The molecule has 134 valence electrons. The summed E-state index contributed by atoms with van der Waals surface area (Å²) in [6.45, 7) is 10.8. The van der Waals surface area contributed by atoms with E-state index < -0.39 is 0 Å². The van der Waals surface area contributed by atoms with E-state index in [9.17, 15) is 4.79 Å². The second kappa shape index (κ2) is 8.04. The van der Waals surface area contributed by atoms with E-state index in [0.717, 1.165) is 38.4 Å². The third kappa shape index (κ3) is 4.75. The second-order valence-corrected chi connectivity index (χ2v) is 6.66. The largest absolute Gasteiger partial charge is 0.375 e. The number of hydrogen-bond acceptors (Lipinski definition) is 7. The standard InChI is InChI=1S/C16H27N5O3/c1-13-10-21(8-9-23-13)16(22)12-20-5-3-4-19(6-7-20)11-15-17-14(2)24-18-15/h13H,3-12H2,1-2H3/t13-/m1/s1. The monoisotopic (exact) mass is 337 g/mol. The Morgan fingerprint density at radius 3 is 2.75 bits per heavy atom. The quantitative estimate of drug-likeness (QED) is 0.773. The lowest BCUT2D eigenvalue weighted by atomic mass is 10.3. The molecule has 2 aliphatic heterocycles. The van der Waals surface area contributed by atoms with Crippen molar-refractivity contribution in [2.75, 3.05) is 52.4 Å². The van der Waals surface area contributed by atoms with Crippen molar-refractivity contribution < 1.29 is 14.1 Å². The van der Waals surface area contributed by atoms with Crippen molar-refractivity contribution in [1.29, 1.82) is 0 Å². The molecule has 8 nitrogen and oxygen atoms in total. The normalized spacial score (nSPS) is 24.1. The summed E-state index contributed by atoms with van der Waals surface area (Å²) in [6.07, 6.45) is 1.18. The molecule has 1 aromatic rings. The maximum Gasteiger partial charge on any atom is 0.236 e. The van der Waals surface area contributed by atoms with Crippen LogP contribution in [0.2, 0.25) is 0 Å². The molecule has 2 saturated heterocycles. The van der Waals surface area contributed by atoms with E-state index in [1.165, 1.54) is 0 Å². The Bertz CT molecular complexity index is 550. The highest BCUT2D eigenvalue weighted by Crippen LogP contribution is 2.09. The van der Waals surface area contributed by atoms with Crippen LogP contribution >= 0.6 is 0 Å². The van der Waals surface area contributed by atoms with Gasteiger partial charge >= 0.3 is 0 Å². The number of nitrogens with zero attached hydrogens (tertiary/aromatic N) is 5. The van der Waals surface area contributed by atoms with Crippen LogP contribution in [-0.2, 0) is 16.1 Å². The van der Waals surface area contributed by atoms with E-state index in [2.05, 4.69) is 19.9 Å². The number of aromatic nitrogens is 2. The fraction of sp³-hybridized carbons (Fsp3) is 0.812. The average Bonchev–Trinajstić information content (AvgIpc) is 2.83. The van der Waals surface area contributed by atoms with Gasteiger partial charge in [0, 0.05) is 33.1 Å². The summed E-state index contributed by atoms with van der Waals surface area (Å²) in [6, 6.07) is 0. The minimum atomic E-state index is 0.140. The van der Waals surface area contributed by atoms with Crippen LogP contribution < -0.4 is 0 Å². The zero-order chi connectivity index (χ0) is 16.9. The van der Waals surface area contributed by atoms with Gasteiger partial charge in [0.05, 0.1) is 25.8 Å². The minimum Gasteiger partial charge on any atom is -0.375 e. The molecule has 2 aliphatic rings. The van der Waals surface area contributed by atoms with Gasteiger partial charge < -0.3 is 14.2 Å². The molecule has 24 heavy (non-hydrogen) atoms. The maximum atomic E-state index is 12.5. The van der Waals surface area contributed by atoms with Gasteiger partial charge in [-0.2, -0.15) is 4.98 Å². The first kappa shape index (κ1) is 17.3. The zero-order valence-electron chi connectivity index (χ0n) is 14.6. The number of aryl methyl sites for hydroxylation is 1. The molecule has 0 N–H and O–H groups in total. The lowest BCUT2D eigenvalue weighted by Crippen LogP contribution is -2.48. The first-order chi connectivity index (χ1) is 11.6. The number of hydrogen-bond donors (Lipinski definition) is 0. The van der Waals surface area contributed by atoms with E-state index in [1.54, 1.807) is 6.92 Å². The average molecular weight is 337 g/mol. The number of carbonyl (C=O) groups excluding carboxylic acids is 1. The van der Waals surface area contributed by atoms with Gasteiger partial charge in [0.1, 0.15) is 0 Å². The predicted octanol–water partition coefficient (Wildman–Crippen LogP) is 0.133. The van der Waals surface area contributed by atoms with Gasteiger partial charge in [-0.3, -0.25) is 14.6 Å². The topological polar surface area (TPSA) is 74.9 Å². The van der Waals surface area contributed by atoms with Crippen LogP contribution in [0.1, 0.15) is 25.1 Å². The van der Waals surface area contributed by atoms with Gasteiger partial charge in [-0.15, -0.1) is 0 Å². The number of morpholine rings is 1. The number of ether oxygens (including phenoxy) is 1. The molecular weight excluding hydrogens is 310 g/mol. The summed E-state index contributed by atoms with van der Waals surface area (Å²) in [5.41, 5.74) is 0. The lowest BCUT2D eigenvalue weighted by molar-refractivity contribution is -0.139. The van der Waals surface area contributed by atoms with Gasteiger partial charge in [0.15, 0.2) is 5.82 Å². The molecule has 1 atom stereocenters. The van der Waals surface area contributed by atoms with Crippen LogP contribution in [0.4, 0.5) is 0 Å². The lowest BCUT2D eigenvalue weighted by Gasteiger charge is -2.32. The van der Waals surface area contributed by atoms with Crippen LogP contribution in [0, 0.1) is 6.92 Å².